The number of aryl methyl sites for hydroxylation is 1. The number of hydrogen-bond acceptors (Lipinski definition) is 3. The third-order valence-electron chi connectivity index (χ3n) is 4.32. The van der Waals surface area contributed by atoms with Gasteiger partial charge in [-0.05, 0) is 38.9 Å². The molecule has 21 heavy (non-hydrogen) atoms. The van der Waals surface area contributed by atoms with Crippen molar-refractivity contribution in [1.82, 2.24) is 15.1 Å². The first-order valence-electron chi connectivity index (χ1n) is 7.90. The van der Waals surface area contributed by atoms with Gasteiger partial charge in [-0.3, -0.25) is 10.1 Å². The Kier molecular flexibility index (Phi) is 5.76. The topological polar surface area (TPSA) is 35.6 Å². The molecular weight excluding hydrogens is 262 g/mol. The SMILES string of the molecule is CCN(C)CCN1C(=O)C(CCc2ccccc2)NC1C. The third kappa shape index (κ3) is 4.29. The maximum atomic E-state index is 12.5. The molecule has 0 saturated carbocycles. The fraction of sp³-hybridized carbons (Fsp3) is 0.588. The molecule has 0 aliphatic carbocycles. The van der Waals surface area contributed by atoms with Crippen LogP contribution in [-0.4, -0.2) is 54.6 Å². The molecule has 1 aliphatic rings. The molecule has 1 saturated heterocycles. The van der Waals surface area contributed by atoms with Crippen LogP contribution in [0.3, 0.4) is 0 Å². The molecule has 0 bridgehead atoms. The minimum absolute atomic E-state index is 0.0351. The number of amides is 1. The molecule has 0 aromatic heterocycles. The molecule has 2 unspecified atom stereocenters. The van der Waals surface area contributed by atoms with Crippen LogP contribution in [0.2, 0.25) is 0 Å². The second-order valence-corrected chi connectivity index (χ2v) is 5.85. The lowest BCUT2D eigenvalue weighted by Crippen LogP contribution is -2.40. The summed E-state index contributed by atoms with van der Waals surface area (Å²) in [5.74, 6) is 0.253. The summed E-state index contributed by atoms with van der Waals surface area (Å²) in [4.78, 5) is 16.7. The molecule has 1 aromatic rings. The van der Waals surface area contributed by atoms with E-state index in [9.17, 15) is 4.79 Å². The van der Waals surface area contributed by atoms with Crippen molar-refractivity contribution in [3.63, 3.8) is 0 Å². The van der Waals surface area contributed by atoms with Gasteiger partial charge in [-0.1, -0.05) is 37.3 Å². The van der Waals surface area contributed by atoms with Gasteiger partial charge in [-0.15, -0.1) is 0 Å². The fourth-order valence-corrected chi connectivity index (χ4v) is 2.75. The molecule has 0 spiro atoms. The van der Waals surface area contributed by atoms with Crippen LogP contribution in [0.15, 0.2) is 30.3 Å². The first kappa shape index (κ1) is 16.0. The number of nitrogens with one attached hydrogen (secondary N) is 1. The van der Waals surface area contributed by atoms with Gasteiger partial charge in [0.15, 0.2) is 0 Å². The van der Waals surface area contributed by atoms with E-state index in [4.69, 9.17) is 0 Å². The quantitative estimate of drug-likeness (QED) is 0.830. The lowest BCUT2D eigenvalue weighted by molar-refractivity contribution is -0.130. The number of rotatable bonds is 7. The molecule has 1 fully saturated rings. The molecular formula is C17H27N3O. The summed E-state index contributed by atoms with van der Waals surface area (Å²) in [7, 11) is 2.09. The van der Waals surface area contributed by atoms with Gasteiger partial charge in [0.1, 0.15) is 0 Å². The summed E-state index contributed by atoms with van der Waals surface area (Å²) in [5.41, 5.74) is 1.30. The van der Waals surface area contributed by atoms with E-state index in [1.54, 1.807) is 0 Å². The zero-order valence-corrected chi connectivity index (χ0v) is 13.4. The van der Waals surface area contributed by atoms with Gasteiger partial charge in [0.2, 0.25) is 5.91 Å². The molecule has 1 amide bonds. The highest BCUT2D eigenvalue weighted by Crippen LogP contribution is 2.15. The fourth-order valence-electron chi connectivity index (χ4n) is 2.75. The van der Waals surface area contributed by atoms with Gasteiger partial charge in [0, 0.05) is 13.1 Å². The zero-order valence-electron chi connectivity index (χ0n) is 13.4. The standard InChI is InChI=1S/C17H27N3O/c1-4-19(3)12-13-20-14(2)18-16(17(20)21)11-10-15-8-6-5-7-9-15/h5-9,14,16,18H,4,10-13H2,1-3H3. The Balaban J connectivity index is 1.84. The Bertz CT molecular complexity index is 449. The lowest BCUT2D eigenvalue weighted by atomic mass is 10.1. The van der Waals surface area contributed by atoms with Crippen molar-refractivity contribution >= 4 is 5.91 Å². The molecule has 1 aromatic carbocycles. The van der Waals surface area contributed by atoms with Crippen LogP contribution in [-0.2, 0) is 11.2 Å². The van der Waals surface area contributed by atoms with Crippen LogP contribution in [0.5, 0.6) is 0 Å². The zero-order chi connectivity index (χ0) is 15.2. The van der Waals surface area contributed by atoms with E-state index in [2.05, 4.69) is 55.4 Å². The maximum absolute atomic E-state index is 12.5. The van der Waals surface area contributed by atoms with Crippen LogP contribution in [0.1, 0.15) is 25.8 Å². The number of benzene rings is 1. The minimum Gasteiger partial charge on any atom is -0.325 e. The summed E-state index contributed by atoms with van der Waals surface area (Å²) in [6, 6.07) is 10.3. The van der Waals surface area contributed by atoms with Crippen LogP contribution >= 0.6 is 0 Å². The number of hydrogen-bond donors (Lipinski definition) is 1. The van der Waals surface area contributed by atoms with Crippen LogP contribution in [0.4, 0.5) is 0 Å². The highest BCUT2D eigenvalue weighted by Gasteiger charge is 2.35. The van der Waals surface area contributed by atoms with Crippen molar-refractivity contribution in [3.8, 4) is 0 Å². The summed E-state index contributed by atoms with van der Waals surface area (Å²) in [6.07, 6.45) is 1.95. The van der Waals surface area contributed by atoms with Crippen molar-refractivity contribution in [2.75, 3.05) is 26.7 Å². The molecule has 1 aliphatic heterocycles. The van der Waals surface area contributed by atoms with Crippen molar-refractivity contribution in [1.29, 1.82) is 0 Å². The van der Waals surface area contributed by atoms with Gasteiger partial charge in [0.05, 0.1) is 12.2 Å². The van der Waals surface area contributed by atoms with Crippen molar-refractivity contribution in [2.45, 2.75) is 38.9 Å². The summed E-state index contributed by atoms with van der Waals surface area (Å²) in [5, 5.41) is 3.42. The van der Waals surface area contributed by atoms with Crippen LogP contribution in [0.25, 0.3) is 0 Å². The van der Waals surface area contributed by atoms with Crippen molar-refractivity contribution in [3.05, 3.63) is 35.9 Å². The van der Waals surface area contributed by atoms with E-state index in [0.717, 1.165) is 32.5 Å². The minimum atomic E-state index is -0.0351. The van der Waals surface area contributed by atoms with Gasteiger partial charge in [-0.25, -0.2) is 0 Å². The molecule has 2 rings (SSSR count). The van der Waals surface area contributed by atoms with Crippen LogP contribution in [0, 0.1) is 0 Å². The van der Waals surface area contributed by atoms with E-state index in [0.29, 0.717) is 0 Å². The average Bonchev–Trinajstić information content (AvgIpc) is 2.78. The number of carbonyl (C=O) groups excluding carboxylic acids is 1. The first-order chi connectivity index (χ1) is 10.1. The summed E-state index contributed by atoms with van der Waals surface area (Å²) in [6.45, 7) is 6.96. The average molecular weight is 289 g/mol. The molecule has 1 N–H and O–H groups in total. The second kappa shape index (κ2) is 7.57. The molecule has 2 atom stereocenters. The second-order valence-electron chi connectivity index (χ2n) is 5.85. The Morgan fingerprint density at radius 2 is 2.00 bits per heavy atom. The Labute approximate surface area is 128 Å². The Hall–Kier alpha value is -1.39. The van der Waals surface area contributed by atoms with E-state index < -0.39 is 0 Å². The van der Waals surface area contributed by atoms with Gasteiger partial charge in [0.25, 0.3) is 0 Å². The number of likely N-dealkylation sites (N-methyl/N-ethyl adjacent to an activating group) is 1. The Morgan fingerprint density at radius 3 is 2.67 bits per heavy atom. The highest BCUT2D eigenvalue weighted by molar-refractivity contribution is 5.84. The monoisotopic (exact) mass is 289 g/mol. The molecule has 4 heteroatoms. The van der Waals surface area contributed by atoms with Gasteiger partial charge >= 0.3 is 0 Å². The molecule has 116 valence electrons. The van der Waals surface area contributed by atoms with E-state index in [1.807, 2.05) is 11.0 Å². The molecule has 1 heterocycles. The third-order valence-corrected chi connectivity index (χ3v) is 4.32. The van der Waals surface area contributed by atoms with Gasteiger partial charge < -0.3 is 9.80 Å². The summed E-state index contributed by atoms with van der Waals surface area (Å²) >= 11 is 0. The predicted molar refractivity (Wildman–Crippen MR) is 86.0 cm³/mol. The predicted octanol–water partition coefficient (Wildman–Crippen LogP) is 1.72. The highest BCUT2D eigenvalue weighted by atomic mass is 16.2. The van der Waals surface area contributed by atoms with E-state index in [-0.39, 0.29) is 18.1 Å². The lowest BCUT2D eigenvalue weighted by Gasteiger charge is -2.23. The normalized spacial score (nSPS) is 22.3. The number of nitrogens with zero attached hydrogens (tertiary/aromatic N) is 2. The smallest absolute Gasteiger partial charge is 0.241 e. The maximum Gasteiger partial charge on any atom is 0.241 e. The number of carbonyl (C=O) groups is 1. The molecule has 0 radical (unpaired) electrons. The Morgan fingerprint density at radius 1 is 1.29 bits per heavy atom. The van der Waals surface area contributed by atoms with E-state index >= 15 is 0 Å². The van der Waals surface area contributed by atoms with Gasteiger partial charge in [-0.2, -0.15) is 0 Å². The first-order valence-corrected chi connectivity index (χ1v) is 7.90. The molecule has 4 nitrogen and oxygen atoms in total. The van der Waals surface area contributed by atoms with E-state index in [1.165, 1.54) is 5.56 Å². The summed E-state index contributed by atoms with van der Waals surface area (Å²) < 4.78 is 0. The van der Waals surface area contributed by atoms with Crippen LogP contribution < -0.4 is 5.32 Å². The largest absolute Gasteiger partial charge is 0.325 e. The van der Waals surface area contributed by atoms with Crippen molar-refractivity contribution < 1.29 is 4.79 Å². The van der Waals surface area contributed by atoms with Crippen molar-refractivity contribution in [2.24, 2.45) is 0 Å².